The van der Waals surface area contributed by atoms with Crippen molar-refractivity contribution < 1.29 is 9.21 Å². The number of pyridine rings is 1. The second-order valence-corrected chi connectivity index (χ2v) is 5.62. The number of amides is 2. The van der Waals surface area contributed by atoms with Gasteiger partial charge in [-0.05, 0) is 55.5 Å². The van der Waals surface area contributed by atoms with Crippen LogP contribution in [0.4, 0.5) is 16.3 Å². The van der Waals surface area contributed by atoms with Crippen molar-refractivity contribution in [1.29, 1.82) is 0 Å². The van der Waals surface area contributed by atoms with Gasteiger partial charge >= 0.3 is 6.03 Å². The van der Waals surface area contributed by atoms with E-state index in [9.17, 15) is 4.79 Å². The molecule has 1 atom stereocenters. The molecule has 3 rings (SSSR count). The number of hydrogen-bond donors (Lipinski definition) is 1. The largest absolute Gasteiger partial charge is 0.467 e. The van der Waals surface area contributed by atoms with Gasteiger partial charge in [0.25, 0.3) is 0 Å². The van der Waals surface area contributed by atoms with Crippen molar-refractivity contribution >= 4 is 29.1 Å². The van der Waals surface area contributed by atoms with Gasteiger partial charge in [0, 0.05) is 16.9 Å². The lowest BCUT2D eigenvalue weighted by Crippen LogP contribution is -2.37. The first-order valence-electron chi connectivity index (χ1n) is 7.45. The van der Waals surface area contributed by atoms with Gasteiger partial charge in [0.05, 0.1) is 12.3 Å². The molecule has 2 amide bonds. The summed E-state index contributed by atoms with van der Waals surface area (Å²) in [5.41, 5.74) is 0.650. The van der Waals surface area contributed by atoms with E-state index in [1.807, 2.05) is 19.1 Å². The molecule has 2 heterocycles. The molecule has 0 aliphatic heterocycles. The molecule has 0 spiro atoms. The number of furan rings is 1. The van der Waals surface area contributed by atoms with E-state index in [1.54, 1.807) is 59.8 Å². The van der Waals surface area contributed by atoms with Crippen LogP contribution in [0.15, 0.2) is 71.5 Å². The number of nitrogens with one attached hydrogen (secondary N) is 1. The van der Waals surface area contributed by atoms with Crippen LogP contribution in [0.5, 0.6) is 0 Å². The van der Waals surface area contributed by atoms with E-state index < -0.39 is 0 Å². The molecule has 1 aromatic carbocycles. The lowest BCUT2D eigenvalue weighted by molar-refractivity contribution is 0.254. The van der Waals surface area contributed by atoms with Crippen molar-refractivity contribution in [2.45, 2.75) is 13.0 Å². The zero-order chi connectivity index (χ0) is 16.9. The van der Waals surface area contributed by atoms with Gasteiger partial charge < -0.3 is 9.73 Å². The van der Waals surface area contributed by atoms with Crippen molar-refractivity contribution in [1.82, 2.24) is 4.98 Å². The topological polar surface area (TPSA) is 58.4 Å². The summed E-state index contributed by atoms with van der Waals surface area (Å²) in [6.45, 7) is 1.88. The molecule has 0 radical (unpaired) electrons. The van der Waals surface area contributed by atoms with Crippen LogP contribution < -0.4 is 10.2 Å². The molecule has 0 saturated carbocycles. The van der Waals surface area contributed by atoms with Crippen LogP contribution in [0.25, 0.3) is 0 Å². The molecule has 0 aliphatic rings. The van der Waals surface area contributed by atoms with Crippen LogP contribution in [0, 0.1) is 0 Å². The SMILES string of the molecule is C[C@@H](c1ccco1)N(C(=O)Nc1ccc(Cl)cc1)c1ccccn1. The van der Waals surface area contributed by atoms with Crippen LogP contribution in [-0.4, -0.2) is 11.0 Å². The molecule has 0 unspecified atom stereocenters. The first kappa shape index (κ1) is 16.1. The average Bonchev–Trinajstić information content (AvgIpc) is 3.13. The number of nitrogens with zero attached hydrogens (tertiary/aromatic N) is 2. The lowest BCUT2D eigenvalue weighted by Gasteiger charge is -2.27. The number of anilines is 2. The van der Waals surface area contributed by atoms with Crippen molar-refractivity contribution in [3.63, 3.8) is 0 Å². The Morgan fingerprint density at radius 1 is 1.17 bits per heavy atom. The zero-order valence-corrected chi connectivity index (χ0v) is 13.8. The summed E-state index contributed by atoms with van der Waals surface area (Å²) in [5, 5.41) is 3.47. The van der Waals surface area contributed by atoms with E-state index in [1.165, 1.54) is 0 Å². The Kier molecular flexibility index (Phi) is 4.82. The van der Waals surface area contributed by atoms with E-state index in [2.05, 4.69) is 10.3 Å². The standard InChI is InChI=1S/C18H16ClN3O2/c1-13(16-5-4-12-24-16)22(17-6-2-3-11-20-17)18(23)21-15-9-7-14(19)8-10-15/h2-13H,1H3,(H,21,23)/t13-/m0/s1. The Morgan fingerprint density at radius 3 is 2.58 bits per heavy atom. The number of benzene rings is 1. The second-order valence-electron chi connectivity index (χ2n) is 5.19. The Balaban J connectivity index is 1.89. The van der Waals surface area contributed by atoms with Crippen molar-refractivity contribution in [2.24, 2.45) is 0 Å². The number of halogens is 1. The summed E-state index contributed by atoms with van der Waals surface area (Å²) in [5.74, 6) is 1.21. The van der Waals surface area contributed by atoms with Crippen LogP contribution in [0.1, 0.15) is 18.7 Å². The predicted molar refractivity (Wildman–Crippen MR) is 94.3 cm³/mol. The van der Waals surface area contributed by atoms with Crippen molar-refractivity contribution in [3.8, 4) is 0 Å². The number of carbonyl (C=O) groups excluding carboxylic acids is 1. The highest BCUT2D eigenvalue weighted by molar-refractivity contribution is 6.30. The Hall–Kier alpha value is -2.79. The maximum atomic E-state index is 12.8. The van der Waals surface area contributed by atoms with E-state index in [0.717, 1.165) is 0 Å². The lowest BCUT2D eigenvalue weighted by atomic mass is 10.2. The molecule has 0 aliphatic carbocycles. The number of rotatable bonds is 4. The summed E-state index contributed by atoms with van der Waals surface area (Å²) >= 11 is 5.88. The minimum Gasteiger partial charge on any atom is -0.467 e. The van der Waals surface area contributed by atoms with Gasteiger partial charge in [0.1, 0.15) is 11.6 Å². The van der Waals surface area contributed by atoms with Crippen LogP contribution in [0.2, 0.25) is 5.02 Å². The van der Waals surface area contributed by atoms with Gasteiger partial charge in [-0.25, -0.2) is 9.78 Å². The molecule has 122 valence electrons. The molecule has 5 nitrogen and oxygen atoms in total. The summed E-state index contributed by atoms with van der Waals surface area (Å²) in [6.07, 6.45) is 3.23. The number of aromatic nitrogens is 1. The third-order valence-electron chi connectivity index (χ3n) is 3.55. The first-order chi connectivity index (χ1) is 11.6. The molecular formula is C18H16ClN3O2. The quantitative estimate of drug-likeness (QED) is 0.715. The van der Waals surface area contributed by atoms with E-state index in [-0.39, 0.29) is 12.1 Å². The summed E-state index contributed by atoms with van der Waals surface area (Å²) < 4.78 is 5.45. The molecule has 3 aromatic rings. The van der Waals surface area contributed by atoms with Crippen molar-refractivity contribution in [3.05, 3.63) is 77.8 Å². The summed E-state index contributed by atoms with van der Waals surface area (Å²) in [7, 11) is 0. The highest BCUT2D eigenvalue weighted by atomic mass is 35.5. The van der Waals surface area contributed by atoms with Crippen LogP contribution >= 0.6 is 11.6 Å². The molecule has 2 aromatic heterocycles. The molecule has 6 heteroatoms. The molecular weight excluding hydrogens is 326 g/mol. The minimum absolute atomic E-state index is 0.306. The summed E-state index contributed by atoms with van der Waals surface area (Å²) in [6, 6.07) is 15.3. The molecule has 0 saturated heterocycles. The normalized spacial score (nSPS) is 11.8. The minimum atomic E-state index is -0.317. The van der Waals surface area contributed by atoms with Gasteiger partial charge in [0.2, 0.25) is 0 Å². The zero-order valence-electron chi connectivity index (χ0n) is 13.0. The predicted octanol–water partition coefficient (Wildman–Crippen LogP) is 5.13. The van der Waals surface area contributed by atoms with Gasteiger partial charge in [0.15, 0.2) is 0 Å². The average molecular weight is 342 g/mol. The number of urea groups is 1. The first-order valence-corrected chi connectivity index (χ1v) is 7.83. The molecule has 0 fully saturated rings. The fraction of sp³-hybridized carbons (Fsp3) is 0.111. The Morgan fingerprint density at radius 2 is 1.96 bits per heavy atom. The fourth-order valence-electron chi connectivity index (χ4n) is 2.35. The van der Waals surface area contributed by atoms with Gasteiger partial charge in [-0.15, -0.1) is 0 Å². The Labute approximate surface area is 144 Å². The van der Waals surface area contributed by atoms with Gasteiger partial charge in [-0.1, -0.05) is 17.7 Å². The second kappa shape index (κ2) is 7.19. The third kappa shape index (κ3) is 3.58. The maximum Gasteiger partial charge on any atom is 0.328 e. The molecule has 24 heavy (non-hydrogen) atoms. The van der Waals surface area contributed by atoms with Gasteiger partial charge in [-0.3, -0.25) is 4.90 Å². The fourth-order valence-corrected chi connectivity index (χ4v) is 2.47. The molecule has 1 N–H and O–H groups in total. The van der Waals surface area contributed by atoms with E-state index in [4.69, 9.17) is 16.0 Å². The smallest absolute Gasteiger partial charge is 0.328 e. The third-order valence-corrected chi connectivity index (χ3v) is 3.80. The monoisotopic (exact) mass is 341 g/mol. The highest BCUT2D eigenvalue weighted by Crippen LogP contribution is 2.26. The highest BCUT2D eigenvalue weighted by Gasteiger charge is 2.26. The number of carbonyl (C=O) groups is 1. The Bertz CT molecular complexity index is 789. The van der Waals surface area contributed by atoms with Crippen LogP contribution in [-0.2, 0) is 0 Å². The maximum absolute atomic E-state index is 12.8. The molecule has 0 bridgehead atoms. The van der Waals surface area contributed by atoms with Gasteiger partial charge in [-0.2, -0.15) is 0 Å². The van der Waals surface area contributed by atoms with Crippen LogP contribution in [0.3, 0.4) is 0 Å². The van der Waals surface area contributed by atoms with E-state index in [0.29, 0.717) is 22.3 Å². The number of hydrogen-bond acceptors (Lipinski definition) is 3. The summed E-state index contributed by atoms with van der Waals surface area (Å²) in [4.78, 5) is 18.7. The van der Waals surface area contributed by atoms with Crippen molar-refractivity contribution in [2.75, 3.05) is 10.2 Å². The van der Waals surface area contributed by atoms with E-state index >= 15 is 0 Å².